The number of ether oxygens (including phenoxy) is 1. The van der Waals surface area contributed by atoms with Crippen LogP contribution in [0.2, 0.25) is 0 Å². The van der Waals surface area contributed by atoms with Crippen molar-refractivity contribution in [2.45, 2.75) is 24.7 Å². The Morgan fingerprint density at radius 3 is 2.25 bits per heavy atom. The van der Waals surface area contributed by atoms with Gasteiger partial charge in [-0.05, 0) is 45.5 Å². The summed E-state index contributed by atoms with van der Waals surface area (Å²) >= 11 is 0. The van der Waals surface area contributed by atoms with Crippen molar-refractivity contribution in [3.63, 3.8) is 0 Å². The first-order chi connectivity index (χ1) is 15.5. The number of halogens is 1. The second-order valence-electron chi connectivity index (χ2n) is 7.77. The second-order valence-corrected chi connectivity index (χ2v) is 7.77. The third-order valence-corrected chi connectivity index (χ3v) is 5.67. The number of aliphatic hydroxyl groups is 3. The molecule has 0 fully saturated rings. The summed E-state index contributed by atoms with van der Waals surface area (Å²) in [6.45, 7) is -0.559. The fourth-order valence-corrected chi connectivity index (χ4v) is 4.11. The second kappa shape index (κ2) is 9.48. The van der Waals surface area contributed by atoms with Crippen LogP contribution in [0.3, 0.4) is 0 Å². The number of fused-ring (bicyclic) bond motifs is 3. The van der Waals surface area contributed by atoms with Crippen LogP contribution < -0.4 is 5.32 Å². The third-order valence-electron chi connectivity index (χ3n) is 5.67. The predicted molar refractivity (Wildman–Crippen MR) is 116 cm³/mol. The molecule has 0 radical (unpaired) electrons. The molecule has 4 N–H and O–H groups in total. The highest BCUT2D eigenvalue weighted by Gasteiger charge is 2.29. The lowest BCUT2D eigenvalue weighted by Crippen LogP contribution is -2.36. The van der Waals surface area contributed by atoms with Gasteiger partial charge < -0.3 is 25.4 Å². The van der Waals surface area contributed by atoms with Gasteiger partial charge in [0, 0.05) is 12.5 Å². The Hall–Kier alpha value is -3.26. The lowest BCUT2D eigenvalue weighted by Gasteiger charge is -2.20. The van der Waals surface area contributed by atoms with E-state index < -0.39 is 30.7 Å². The molecule has 7 heteroatoms. The van der Waals surface area contributed by atoms with E-state index in [2.05, 4.69) is 5.32 Å². The monoisotopic (exact) mass is 437 g/mol. The van der Waals surface area contributed by atoms with Crippen LogP contribution in [-0.4, -0.2) is 40.7 Å². The molecule has 32 heavy (non-hydrogen) atoms. The Kier molecular flexibility index (Phi) is 6.50. The Labute approximate surface area is 184 Å². The summed E-state index contributed by atoms with van der Waals surface area (Å²) in [7, 11) is 0. The van der Waals surface area contributed by atoms with Crippen LogP contribution in [0.15, 0.2) is 66.7 Å². The summed E-state index contributed by atoms with van der Waals surface area (Å²) in [5.41, 5.74) is 4.79. The van der Waals surface area contributed by atoms with Crippen molar-refractivity contribution < 1.29 is 29.2 Å². The van der Waals surface area contributed by atoms with E-state index in [-0.39, 0.29) is 30.2 Å². The van der Waals surface area contributed by atoms with Crippen molar-refractivity contribution >= 4 is 6.09 Å². The lowest BCUT2D eigenvalue weighted by atomic mass is 9.98. The van der Waals surface area contributed by atoms with Crippen molar-refractivity contribution in [2.24, 2.45) is 0 Å². The van der Waals surface area contributed by atoms with E-state index in [1.807, 2.05) is 48.5 Å². The zero-order chi connectivity index (χ0) is 22.7. The lowest BCUT2D eigenvalue weighted by molar-refractivity contribution is 0.0183. The highest BCUT2D eigenvalue weighted by atomic mass is 19.1. The molecule has 166 valence electrons. The molecule has 0 saturated heterocycles. The number of hydrogen-bond donors (Lipinski definition) is 4. The van der Waals surface area contributed by atoms with Crippen LogP contribution >= 0.6 is 0 Å². The number of alkyl carbamates (subject to hydrolysis) is 1. The van der Waals surface area contributed by atoms with Crippen molar-refractivity contribution in [1.82, 2.24) is 5.32 Å². The van der Waals surface area contributed by atoms with Gasteiger partial charge in [0.05, 0.1) is 6.61 Å². The highest BCUT2D eigenvalue weighted by Crippen LogP contribution is 2.44. The van der Waals surface area contributed by atoms with Gasteiger partial charge in [-0.25, -0.2) is 9.18 Å². The van der Waals surface area contributed by atoms with Crippen molar-refractivity contribution in [3.05, 3.63) is 94.8 Å². The standard InChI is InChI=1S/C25H24FNO5/c26-17-10-15(13-28)9-16(11-17)24(30)23(29)12-27-25(31)32-14-22-20-7-3-1-5-18(20)19-6-2-4-8-21(19)22/h1-11,22-24,28-30H,12-14H2,(H,27,31). The molecule has 2 unspecified atom stereocenters. The summed E-state index contributed by atoms with van der Waals surface area (Å²) in [4.78, 5) is 12.2. The molecular formula is C25H24FNO5. The summed E-state index contributed by atoms with van der Waals surface area (Å²) in [5.74, 6) is -0.727. The minimum Gasteiger partial charge on any atom is -0.449 e. The molecule has 4 rings (SSSR count). The normalized spacial score (nSPS) is 14.4. The number of aliphatic hydroxyl groups excluding tert-OH is 3. The molecule has 1 amide bonds. The molecule has 0 aromatic heterocycles. The zero-order valence-electron chi connectivity index (χ0n) is 17.2. The average molecular weight is 437 g/mol. The van der Waals surface area contributed by atoms with E-state index in [9.17, 15) is 24.5 Å². The number of carbonyl (C=O) groups excluding carboxylic acids is 1. The highest BCUT2D eigenvalue weighted by molar-refractivity contribution is 5.79. The van der Waals surface area contributed by atoms with Gasteiger partial charge in [0.15, 0.2) is 0 Å². The van der Waals surface area contributed by atoms with Crippen LogP contribution in [0, 0.1) is 5.82 Å². The molecule has 3 aromatic carbocycles. The van der Waals surface area contributed by atoms with Crippen molar-refractivity contribution in [2.75, 3.05) is 13.2 Å². The van der Waals surface area contributed by atoms with Gasteiger partial charge in [-0.15, -0.1) is 0 Å². The van der Waals surface area contributed by atoms with Crippen LogP contribution in [0.1, 0.15) is 34.3 Å². The minimum absolute atomic E-state index is 0.0899. The fraction of sp³-hybridized carbons (Fsp3) is 0.240. The first-order valence-corrected chi connectivity index (χ1v) is 10.3. The third kappa shape index (κ3) is 4.50. The molecule has 0 spiro atoms. The maximum Gasteiger partial charge on any atom is 0.407 e. The largest absolute Gasteiger partial charge is 0.449 e. The molecular weight excluding hydrogens is 413 g/mol. The summed E-state index contributed by atoms with van der Waals surface area (Å²) in [6.07, 6.45) is -3.55. The Bertz CT molecular complexity index is 1070. The smallest absolute Gasteiger partial charge is 0.407 e. The van der Waals surface area contributed by atoms with Crippen molar-refractivity contribution in [1.29, 1.82) is 0 Å². The Balaban J connectivity index is 1.34. The van der Waals surface area contributed by atoms with Crippen LogP contribution in [-0.2, 0) is 11.3 Å². The van der Waals surface area contributed by atoms with E-state index in [4.69, 9.17) is 4.74 Å². The Morgan fingerprint density at radius 2 is 1.62 bits per heavy atom. The zero-order valence-corrected chi connectivity index (χ0v) is 17.2. The fourth-order valence-electron chi connectivity index (χ4n) is 4.11. The van der Waals surface area contributed by atoms with E-state index in [1.165, 1.54) is 6.07 Å². The molecule has 0 saturated carbocycles. The minimum atomic E-state index is -1.44. The van der Waals surface area contributed by atoms with Gasteiger partial charge in [0.25, 0.3) is 0 Å². The maximum atomic E-state index is 13.6. The predicted octanol–water partition coefficient (Wildman–Crippen LogP) is 3.25. The first-order valence-electron chi connectivity index (χ1n) is 10.3. The molecule has 3 aromatic rings. The summed E-state index contributed by atoms with van der Waals surface area (Å²) in [6, 6.07) is 19.6. The Morgan fingerprint density at radius 1 is 1.00 bits per heavy atom. The quantitative estimate of drug-likeness (QED) is 0.455. The molecule has 2 atom stereocenters. The number of nitrogens with one attached hydrogen (secondary N) is 1. The van der Waals surface area contributed by atoms with Crippen LogP contribution in [0.4, 0.5) is 9.18 Å². The molecule has 1 aliphatic rings. The van der Waals surface area contributed by atoms with Gasteiger partial charge in [-0.2, -0.15) is 0 Å². The van der Waals surface area contributed by atoms with Gasteiger partial charge >= 0.3 is 6.09 Å². The van der Waals surface area contributed by atoms with Gasteiger partial charge in [-0.1, -0.05) is 54.6 Å². The van der Waals surface area contributed by atoms with Gasteiger partial charge in [0.2, 0.25) is 0 Å². The molecule has 0 aliphatic heterocycles. The van der Waals surface area contributed by atoms with Gasteiger partial charge in [0.1, 0.15) is 24.6 Å². The summed E-state index contributed by atoms with van der Waals surface area (Å²) in [5, 5.41) is 32.1. The average Bonchev–Trinajstić information content (AvgIpc) is 3.14. The maximum absolute atomic E-state index is 13.6. The summed E-state index contributed by atoms with van der Waals surface area (Å²) < 4.78 is 19.0. The van der Waals surface area contributed by atoms with Crippen molar-refractivity contribution in [3.8, 4) is 11.1 Å². The number of rotatable bonds is 7. The van der Waals surface area contributed by atoms with E-state index in [0.717, 1.165) is 34.4 Å². The molecule has 6 nitrogen and oxygen atoms in total. The van der Waals surface area contributed by atoms with E-state index >= 15 is 0 Å². The van der Waals surface area contributed by atoms with Crippen LogP contribution in [0.25, 0.3) is 11.1 Å². The number of amides is 1. The van der Waals surface area contributed by atoms with E-state index in [0.29, 0.717) is 0 Å². The molecule has 0 heterocycles. The molecule has 1 aliphatic carbocycles. The number of hydrogen-bond acceptors (Lipinski definition) is 5. The van der Waals surface area contributed by atoms with E-state index in [1.54, 1.807) is 0 Å². The topological polar surface area (TPSA) is 99.0 Å². The first kappa shape index (κ1) is 22.0. The van der Waals surface area contributed by atoms with Gasteiger partial charge in [-0.3, -0.25) is 0 Å². The van der Waals surface area contributed by atoms with Crippen LogP contribution in [0.5, 0.6) is 0 Å². The molecule has 0 bridgehead atoms. The number of benzene rings is 3. The number of carbonyl (C=O) groups is 1. The SMILES string of the molecule is O=C(NCC(O)C(O)c1cc(F)cc(CO)c1)OCC1c2ccccc2-c2ccccc21.